The Morgan fingerprint density at radius 3 is 3.24 bits per heavy atom. The number of fused-ring (bicyclic) bond motifs is 1. The quantitative estimate of drug-likeness (QED) is 0.762. The highest BCUT2D eigenvalue weighted by atomic mass is 32.1. The van der Waals surface area contributed by atoms with Crippen molar-refractivity contribution in [3.05, 3.63) is 45.5 Å². The summed E-state index contributed by atoms with van der Waals surface area (Å²) in [4.78, 5) is 16.3. The first kappa shape index (κ1) is 12.7. The number of nitrogens with one attached hydrogen (secondary N) is 2. The van der Waals surface area contributed by atoms with Crippen molar-refractivity contribution in [2.75, 3.05) is 0 Å². The number of nitrogens with zero attached hydrogens (tertiary/aromatic N) is 4. The highest BCUT2D eigenvalue weighted by molar-refractivity contribution is 7.09. The summed E-state index contributed by atoms with van der Waals surface area (Å²) < 4.78 is 5.39. The molecule has 108 valence electrons. The van der Waals surface area contributed by atoms with Gasteiger partial charge in [-0.2, -0.15) is 4.98 Å². The summed E-state index contributed by atoms with van der Waals surface area (Å²) in [6.45, 7) is 2.73. The van der Waals surface area contributed by atoms with Crippen LogP contribution in [0.25, 0.3) is 0 Å². The molecule has 4 rings (SSSR count). The first-order valence-corrected chi connectivity index (χ1v) is 7.64. The first-order chi connectivity index (χ1) is 10.3. The summed E-state index contributed by atoms with van der Waals surface area (Å²) in [6, 6.07) is 0.0271. The molecule has 0 aliphatic carbocycles. The molecule has 3 aromatic heterocycles. The normalized spacial score (nSPS) is 17.9. The number of rotatable bonds is 3. The Labute approximate surface area is 124 Å². The van der Waals surface area contributed by atoms with Crippen LogP contribution in [0.3, 0.4) is 0 Å². The van der Waals surface area contributed by atoms with Gasteiger partial charge in [-0.25, -0.2) is 9.97 Å². The summed E-state index contributed by atoms with van der Waals surface area (Å²) in [5.41, 5.74) is 3.17. The van der Waals surface area contributed by atoms with E-state index in [1.54, 1.807) is 17.7 Å². The van der Waals surface area contributed by atoms with Crippen LogP contribution in [-0.2, 0) is 19.4 Å². The number of hydrogen-bond donors (Lipinski definition) is 2. The number of imidazole rings is 1. The van der Waals surface area contributed by atoms with Gasteiger partial charge in [-0.05, 0) is 6.92 Å². The van der Waals surface area contributed by atoms with Crippen molar-refractivity contribution in [1.82, 2.24) is 30.4 Å². The molecule has 7 nitrogen and oxygen atoms in total. The monoisotopic (exact) mass is 302 g/mol. The van der Waals surface area contributed by atoms with E-state index in [1.165, 1.54) is 0 Å². The lowest BCUT2D eigenvalue weighted by atomic mass is 10.1. The molecule has 0 spiro atoms. The molecule has 1 aliphatic heterocycles. The van der Waals surface area contributed by atoms with Gasteiger partial charge in [-0.1, -0.05) is 5.16 Å². The van der Waals surface area contributed by atoms with Crippen LogP contribution in [0.4, 0.5) is 0 Å². The van der Waals surface area contributed by atoms with Crippen LogP contribution in [0.15, 0.2) is 16.2 Å². The van der Waals surface area contributed by atoms with Crippen LogP contribution in [0, 0.1) is 6.92 Å². The lowest BCUT2D eigenvalue weighted by Crippen LogP contribution is -2.28. The molecule has 4 heterocycles. The topological polar surface area (TPSA) is 92.5 Å². The van der Waals surface area contributed by atoms with Gasteiger partial charge in [0.15, 0.2) is 5.82 Å². The number of aromatic amines is 1. The zero-order valence-electron chi connectivity index (χ0n) is 11.5. The third kappa shape index (κ3) is 2.47. The van der Waals surface area contributed by atoms with Gasteiger partial charge < -0.3 is 9.51 Å². The molecule has 1 unspecified atom stereocenters. The summed E-state index contributed by atoms with van der Waals surface area (Å²) in [7, 11) is 0. The van der Waals surface area contributed by atoms with Crippen molar-refractivity contribution in [1.29, 1.82) is 0 Å². The predicted molar refractivity (Wildman–Crippen MR) is 75.8 cm³/mol. The van der Waals surface area contributed by atoms with Gasteiger partial charge in [-0.15, -0.1) is 11.3 Å². The average Bonchev–Trinajstić information content (AvgIpc) is 3.19. The molecule has 0 saturated carbocycles. The van der Waals surface area contributed by atoms with Crippen molar-refractivity contribution in [3.63, 3.8) is 0 Å². The van der Waals surface area contributed by atoms with Crippen LogP contribution in [0.2, 0.25) is 0 Å². The second-order valence-corrected chi connectivity index (χ2v) is 6.11. The lowest BCUT2D eigenvalue weighted by molar-refractivity contribution is 0.317. The molecule has 0 fully saturated rings. The fraction of sp³-hybridized carbons (Fsp3) is 0.385. The van der Waals surface area contributed by atoms with Crippen molar-refractivity contribution in [2.45, 2.75) is 32.4 Å². The second kappa shape index (κ2) is 5.05. The van der Waals surface area contributed by atoms with E-state index in [0.29, 0.717) is 18.1 Å². The Hall–Kier alpha value is -2.06. The second-order valence-electron chi connectivity index (χ2n) is 5.05. The standard InChI is InChI=1S/C13H14N6OS/c1-7-17-8(5-21-7)2-12-18-13(20-19-12)10-3-9-11(4-14-10)16-6-15-9/h5-6,10,14H,2-4H2,1H3,(H,15,16). The molecule has 0 saturated heterocycles. The Bertz CT molecular complexity index is 760. The van der Waals surface area contributed by atoms with Crippen LogP contribution >= 0.6 is 11.3 Å². The summed E-state index contributed by atoms with van der Waals surface area (Å²) in [5.74, 6) is 1.29. The fourth-order valence-corrected chi connectivity index (χ4v) is 3.09. The number of hydrogen-bond acceptors (Lipinski definition) is 7. The van der Waals surface area contributed by atoms with Gasteiger partial charge >= 0.3 is 0 Å². The maximum atomic E-state index is 5.39. The van der Waals surface area contributed by atoms with Crippen molar-refractivity contribution < 1.29 is 4.52 Å². The van der Waals surface area contributed by atoms with Crippen LogP contribution < -0.4 is 5.32 Å². The molecular weight excluding hydrogens is 288 g/mol. The fourth-order valence-electron chi connectivity index (χ4n) is 2.48. The van der Waals surface area contributed by atoms with E-state index >= 15 is 0 Å². The largest absolute Gasteiger partial charge is 0.347 e. The zero-order chi connectivity index (χ0) is 14.2. The van der Waals surface area contributed by atoms with Crippen LogP contribution in [-0.4, -0.2) is 25.1 Å². The number of aromatic nitrogens is 5. The van der Waals surface area contributed by atoms with Crippen molar-refractivity contribution in [2.24, 2.45) is 0 Å². The van der Waals surface area contributed by atoms with Gasteiger partial charge in [0.2, 0.25) is 5.89 Å². The lowest BCUT2D eigenvalue weighted by Gasteiger charge is -2.19. The Kier molecular flexibility index (Phi) is 3.04. The SMILES string of the molecule is Cc1nc(Cc2noc(C3Cc4nc[nH]c4CN3)n2)cs1. The van der Waals surface area contributed by atoms with Crippen molar-refractivity contribution in [3.8, 4) is 0 Å². The van der Waals surface area contributed by atoms with E-state index in [9.17, 15) is 0 Å². The van der Waals surface area contributed by atoms with E-state index in [4.69, 9.17) is 4.52 Å². The zero-order valence-corrected chi connectivity index (χ0v) is 12.3. The molecule has 0 bridgehead atoms. The van der Waals surface area contributed by atoms with Gasteiger partial charge in [-0.3, -0.25) is 5.32 Å². The van der Waals surface area contributed by atoms with E-state index in [1.807, 2.05) is 12.3 Å². The van der Waals surface area contributed by atoms with Gasteiger partial charge in [0, 0.05) is 18.3 Å². The number of H-pyrrole nitrogens is 1. The Balaban J connectivity index is 1.50. The smallest absolute Gasteiger partial charge is 0.244 e. The van der Waals surface area contributed by atoms with E-state index in [-0.39, 0.29) is 6.04 Å². The molecule has 0 amide bonds. The van der Waals surface area contributed by atoms with Crippen molar-refractivity contribution >= 4 is 11.3 Å². The van der Waals surface area contributed by atoms with E-state index in [0.717, 1.165) is 35.1 Å². The molecule has 0 aromatic carbocycles. The van der Waals surface area contributed by atoms with Crippen LogP contribution in [0.5, 0.6) is 0 Å². The minimum Gasteiger partial charge on any atom is -0.347 e. The molecule has 21 heavy (non-hydrogen) atoms. The van der Waals surface area contributed by atoms with E-state index in [2.05, 4.69) is 30.4 Å². The molecule has 1 aliphatic rings. The Morgan fingerprint density at radius 2 is 2.38 bits per heavy atom. The minimum absolute atomic E-state index is 0.0271. The third-order valence-corrected chi connectivity index (χ3v) is 4.34. The summed E-state index contributed by atoms with van der Waals surface area (Å²) >= 11 is 1.63. The van der Waals surface area contributed by atoms with Gasteiger partial charge in [0.25, 0.3) is 0 Å². The van der Waals surface area contributed by atoms with Gasteiger partial charge in [0.1, 0.15) is 0 Å². The maximum absolute atomic E-state index is 5.39. The predicted octanol–water partition coefficient (Wildman–Crippen LogP) is 1.54. The first-order valence-electron chi connectivity index (χ1n) is 6.76. The third-order valence-electron chi connectivity index (χ3n) is 3.52. The molecular formula is C13H14N6OS. The summed E-state index contributed by atoms with van der Waals surface area (Å²) in [6.07, 6.45) is 3.09. The number of aryl methyl sites for hydroxylation is 1. The highest BCUT2D eigenvalue weighted by Crippen LogP contribution is 2.23. The Morgan fingerprint density at radius 1 is 1.43 bits per heavy atom. The molecule has 0 radical (unpaired) electrons. The van der Waals surface area contributed by atoms with Crippen LogP contribution in [0.1, 0.15) is 39.8 Å². The molecule has 3 aromatic rings. The maximum Gasteiger partial charge on any atom is 0.244 e. The molecule has 1 atom stereocenters. The van der Waals surface area contributed by atoms with E-state index < -0.39 is 0 Å². The van der Waals surface area contributed by atoms with Gasteiger partial charge in [0.05, 0.1) is 40.9 Å². The summed E-state index contributed by atoms with van der Waals surface area (Å²) in [5, 5.41) is 10.5. The molecule has 8 heteroatoms. The average molecular weight is 302 g/mol. The minimum atomic E-state index is 0.0271. The molecule has 2 N–H and O–H groups in total. The highest BCUT2D eigenvalue weighted by Gasteiger charge is 2.26. The number of thiazole rings is 1.